The van der Waals surface area contributed by atoms with Gasteiger partial charge >= 0.3 is 0 Å². The van der Waals surface area contributed by atoms with Crippen molar-refractivity contribution in [2.24, 2.45) is 17.1 Å². The lowest BCUT2D eigenvalue weighted by Crippen LogP contribution is -2.81. The maximum atomic E-state index is 13.1. The van der Waals surface area contributed by atoms with Gasteiger partial charge in [0.2, 0.25) is 5.91 Å². The lowest BCUT2D eigenvalue weighted by Gasteiger charge is -2.65. The van der Waals surface area contributed by atoms with Gasteiger partial charge in [0.15, 0.2) is 0 Å². The van der Waals surface area contributed by atoms with Gasteiger partial charge in [0, 0.05) is 40.8 Å². The van der Waals surface area contributed by atoms with E-state index in [2.05, 4.69) is 10.3 Å². The Bertz CT molecular complexity index is 790. The molecule has 2 fully saturated rings. The molecule has 132 valence electrons. The lowest BCUT2D eigenvalue weighted by atomic mass is 9.46. The summed E-state index contributed by atoms with van der Waals surface area (Å²) in [5.41, 5.74) is 7.11. The maximum absolute atomic E-state index is 13.1. The van der Waals surface area contributed by atoms with Crippen molar-refractivity contribution >= 4 is 22.9 Å². The molecule has 0 bridgehead atoms. The number of hydrogen-bond acceptors (Lipinski definition) is 5. The number of benzene rings is 1. The van der Waals surface area contributed by atoms with Crippen molar-refractivity contribution in [1.29, 1.82) is 0 Å². The van der Waals surface area contributed by atoms with Crippen LogP contribution in [0.15, 0.2) is 35.8 Å². The number of amides is 1. The van der Waals surface area contributed by atoms with Crippen LogP contribution >= 0.6 is 11.3 Å². The summed E-state index contributed by atoms with van der Waals surface area (Å²) in [6.45, 7) is 4.83. The van der Waals surface area contributed by atoms with E-state index in [9.17, 15) is 4.79 Å². The number of carbonyl (C=O) groups is 1. The normalized spacial score (nSPS) is 30.2. The van der Waals surface area contributed by atoms with Crippen molar-refractivity contribution in [2.75, 3.05) is 11.9 Å². The zero-order chi connectivity index (χ0) is 17.7. The van der Waals surface area contributed by atoms with E-state index < -0.39 is 5.54 Å². The molecule has 6 heteroatoms. The highest BCUT2D eigenvalue weighted by atomic mass is 32.1. The Balaban J connectivity index is 1.57. The fraction of sp³-hybridized carbons (Fsp3) is 0.474. The number of rotatable bonds is 3. The third-order valence-electron chi connectivity index (χ3n) is 5.86. The summed E-state index contributed by atoms with van der Waals surface area (Å²) in [7, 11) is 0. The molecule has 1 aromatic heterocycles. The molecule has 3 atom stereocenters. The van der Waals surface area contributed by atoms with Gasteiger partial charge in [0.1, 0.15) is 10.5 Å². The molecule has 1 aromatic carbocycles. The van der Waals surface area contributed by atoms with Crippen molar-refractivity contribution < 1.29 is 9.53 Å². The Hall–Kier alpha value is -1.76. The molecule has 1 aliphatic carbocycles. The molecule has 5 nitrogen and oxygen atoms in total. The first-order chi connectivity index (χ1) is 11.9. The average Bonchev–Trinajstić information content (AvgIpc) is 3.16. The molecule has 0 radical (unpaired) electrons. The number of nitrogens with two attached hydrogens (primary N) is 1. The highest BCUT2D eigenvalue weighted by Crippen LogP contribution is 2.57. The van der Waals surface area contributed by atoms with Crippen LogP contribution in [0, 0.1) is 11.3 Å². The van der Waals surface area contributed by atoms with Crippen LogP contribution in [0.4, 0.5) is 5.69 Å². The summed E-state index contributed by atoms with van der Waals surface area (Å²) in [4.78, 5) is 17.4. The highest BCUT2D eigenvalue weighted by molar-refractivity contribution is 7.13. The van der Waals surface area contributed by atoms with Crippen molar-refractivity contribution in [1.82, 2.24) is 4.98 Å². The summed E-state index contributed by atoms with van der Waals surface area (Å²) in [5.74, 6) is -0.0427. The largest absolute Gasteiger partial charge is 0.377 e. The second-order valence-corrected chi connectivity index (χ2v) is 8.40. The van der Waals surface area contributed by atoms with E-state index in [1.807, 2.05) is 43.5 Å². The predicted molar refractivity (Wildman–Crippen MR) is 99.3 cm³/mol. The van der Waals surface area contributed by atoms with Crippen LogP contribution in [-0.4, -0.2) is 29.1 Å². The number of ether oxygens (including phenoxy) is 1. The van der Waals surface area contributed by atoms with Crippen LogP contribution in [-0.2, 0) is 9.53 Å². The molecule has 1 amide bonds. The first-order valence-corrected chi connectivity index (χ1v) is 9.54. The number of nitrogens with zero attached hydrogens (tertiary/aromatic N) is 1. The van der Waals surface area contributed by atoms with Crippen molar-refractivity contribution in [3.8, 4) is 10.6 Å². The standard InChI is InChI=1S/C19H23N3O2S/c1-18(2)15-14(7-4-9-24-15)19(18,20)17(23)22-13-6-3-5-12(11-13)16-21-8-10-25-16/h3,5-6,8,10-11,14-15H,4,7,9,20H2,1-2H3,(H,22,23). The Morgan fingerprint density at radius 2 is 2.28 bits per heavy atom. The summed E-state index contributed by atoms with van der Waals surface area (Å²) in [5, 5.41) is 5.91. The summed E-state index contributed by atoms with van der Waals surface area (Å²) < 4.78 is 5.89. The van der Waals surface area contributed by atoms with E-state index in [1.54, 1.807) is 17.5 Å². The van der Waals surface area contributed by atoms with Gasteiger partial charge in [0.25, 0.3) is 0 Å². The van der Waals surface area contributed by atoms with Gasteiger partial charge in [-0.2, -0.15) is 0 Å². The molecule has 1 saturated carbocycles. The second-order valence-electron chi connectivity index (χ2n) is 7.50. The van der Waals surface area contributed by atoms with E-state index in [4.69, 9.17) is 10.5 Å². The van der Waals surface area contributed by atoms with Crippen LogP contribution < -0.4 is 11.1 Å². The zero-order valence-corrected chi connectivity index (χ0v) is 15.3. The molecule has 4 rings (SSSR count). The van der Waals surface area contributed by atoms with Crippen LogP contribution in [0.2, 0.25) is 0 Å². The first kappa shape index (κ1) is 16.7. The predicted octanol–water partition coefficient (Wildman–Crippen LogP) is 3.28. The molecule has 3 N–H and O–H groups in total. The number of hydrogen-bond donors (Lipinski definition) is 2. The molecule has 0 spiro atoms. The zero-order valence-electron chi connectivity index (χ0n) is 14.5. The van der Waals surface area contributed by atoms with Crippen molar-refractivity contribution in [3.05, 3.63) is 35.8 Å². The van der Waals surface area contributed by atoms with Gasteiger partial charge in [0.05, 0.1) is 6.10 Å². The van der Waals surface area contributed by atoms with E-state index >= 15 is 0 Å². The molecule has 2 aliphatic rings. The minimum Gasteiger partial charge on any atom is -0.377 e. The maximum Gasteiger partial charge on any atom is 0.245 e. The smallest absolute Gasteiger partial charge is 0.245 e. The molecule has 1 aliphatic heterocycles. The summed E-state index contributed by atoms with van der Waals surface area (Å²) in [6.07, 6.45) is 3.75. The number of aromatic nitrogens is 1. The Labute approximate surface area is 151 Å². The van der Waals surface area contributed by atoms with E-state index in [-0.39, 0.29) is 23.3 Å². The molecule has 25 heavy (non-hydrogen) atoms. The van der Waals surface area contributed by atoms with Gasteiger partial charge in [-0.25, -0.2) is 4.98 Å². The summed E-state index contributed by atoms with van der Waals surface area (Å²) >= 11 is 1.57. The number of thiazole rings is 1. The van der Waals surface area contributed by atoms with Crippen LogP contribution in [0.1, 0.15) is 26.7 Å². The quantitative estimate of drug-likeness (QED) is 0.884. The number of fused-ring (bicyclic) bond motifs is 1. The molecule has 3 unspecified atom stereocenters. The highest BCUT2D eigenvalue weighted by Gasteiger charge is 2.70. The minimum atomic E-state index is -0.907. The molecular formula is C19H23N3O2S. The molecule has 1 saturated heterocycles. The van der Waals surface area contributed by atoms with Crippen molar-refractivity contribution in [2.45, 2.75) is 38.3 Å². The SMILES string of the molecule is CC1(C)C2OCCCC2C1(N)C(=O)Nc1cccc(-c2nccs2)c1. The van der Waals surface area contributed by atoms with Gasteiger partial charge in [-0.15, -0.1) is 11.3 Å². The van der Waals surface area contributed by atoms with Crippen molar-refractivity contribution in [3.63, 3.8) is 0 Å². The Morgan fingerprint density at radius 1 is 1.44 bits per heavy atom. The van der Waals surface area contributed by atoms with Gasteiger partial charge < -0.3 is 15.8 Å². The molecule has 2 aromatic rings. The average molecular weight is 357 g/mol. The van der Waals surface area contributed by atoms with Crippen LogP contribution in [0.5, 0.6) is 0 Å². The fourth-order valence-electron chi connectivity index (χ4n) is 4.37. The van der Waals surface area contributed by atoms with E-state index in [0.717, 1.165) is 35.7 Å². The Kier molecular flexibility index (Phi) is 3.94. The first-order valence-electron chi connectivity index (χ1n) is 8.66. The minimum absolute atomic E-state index is 0.0682. The van der Waals surface area contributed by atoms with Gasteiger partial charge in [-0.3, -0.25) is 4.79 Å². The lowest BCUT2D eigenvalue weighted by molar-refractivity contribution is -0.222. The Morgan fingerprint density at radius 3 is 3.04 bits per heavy atom. The van der Waals surface area contributed by atoms with E-state index in [1.165, 1.54) is 0 Å². The van der Waals surface area contributed by atoms with E-state index in [0.29, 0.717) is 0 Å². The molecule has 2 heterocycles. The van der Waals surface area contributed by atoms with Crippen LogP contribution in [0.3, 0.4) is 0 Å². The fourth-order valence-corrected chi connectivity index (χ4v) is 5.00. The summed E-state index contributed by atoms with van der Waals surface area (Å²) in [6, 6.07) is 7.75. The second kappa shape index (κ2) is 5.90. The third-order valence-corrected chi connectivity index (χ3v) is 6.68. The monoisotopic (exact) mass is 357 g/mol. The topological polar surface area (TPSA) is 77.2 Å². The number of nitrogens with one attached hydrogen (secondary N) is 1. The third kappa shape index (κ3) is 2.43. The van der Waals surface area contributed by atoms with Gasteiger partial charge in [-0.05, 0) is 25.0 Å². The van der Waals surface area contributed by atoms with Crippen LogP contribution in [0.25, 0.3) is 10.6 Å². The number of carbonyl (C=O) groups excluding carboxylic acids is 1. The molecular weight excluding hydrogens is 334 g/mol. The van der Waals surface area contributed by atoms with Gasteiger partial charge in [-0.1, -0.05) is 26.0 Å². The number of anilines is 1.